The zero-order chi connectivity index (χ0) is 17.3. The quantitative estimate of drug-likeness (QED) is 0.696. The molecule has 24 heavy (non-hydrogen) atoms. The van der Waals surface area contributed by atoms with Gasteiger partial charge in [-0.25, -0.2) is 9.37 Å². The molecule has 0 bridgehead atoms. The van der Waals surface area contributed by atoms with Crippen molar-refractivity contribution >= 4 is 50.0 Å². The number of amides is 1. The zero-order valence-corrected chi connectivity index (χ0v) is 14.2. The van der Waals surface area contributed by atoms with Crippen LogP contribution in [0.4, 0.5) is 9.52 Å². The fraction of sp³-hybridized carbons (Fsp3) is 0.118. The molecule has 0 unspecified atom stereocenters. The number of benzene rings is 2. The maximum atomic E-state index is 13.7. The first-order valence-electron chi connectivity index (χ1n) is 7.08. The first-order valence-corrected chi connectivity index (χ1v) is 8.28. The van der Waals surface area contributed by atoms with Gasteiger partial charge in [0.1, 0.15) is 5.82 Å². The number of aromatic nitrogens is 1. The molecule has 0 aliphatic heterocycles. The summed E-state index contributed by atoms with van der Waals surface area (Å²) in [7, 11) is 0. The maximum absolute atomic E-state index is 13.7. The number of rotatable bonds is 4. The van der Waals surface area contributed by atoms with Crippen LogP contribution in [0.3, 0.4) is 0 Å². The molecule has 0 radical (unpaired) electrons. The Labute approximate surface area is 146 Å². The summed E-state index contributed by atoms with van der Waals surface area (Å²) < 4.78 is 14.5. The fourth-order valence-corrected chi connectivity index (χ4v) is 3.37. The molecule has 3 rings (SSSR count). The Hall–Kier alpha value is -2.31. The first kappa shape index (κ1) is 16.5. The van der Waals surface area contributed by atoms with E-state index in [-0.39, 0.29) is 22.8 Å². The van der Waals surface area contributed by atoms with Gasteiger partial charge in [-0.3, -0.25) is 9.59 Å². The van der Waals surface area contributed by atoms with E-state index in [1.165, 1.54) is 36.5 Å². The minimum atomic E-state index is -0.520. The number of nitrogens with zero attached hydrogens (tertiary/aromatic N) is 1. The van der Waals surface area contributed by atoms with Crippen molar-refractivity contribution in [2.75, 3.05) is 5.32 Å². The van der Waals surface area contributed by atoms with Gasteiger partial charge < -0.3 is 5.32 Å². The van der Waals surface area contributed by atoms with Gasteiger partial charge in [0, 0.05) is 16.1 Å². The summed E-state index contributed by atoms with van der Waals surface area (Å²) in [6.45, 7) is 1.49. The Morgan fingerprint density at radius 3 is 2.79 bits per heavy atom. The van der Waals surface area contributed by atoms with Gasteiger partial charge in [0.25, 0.3) is 0 Å². The molecule has 1 N–H and O–H groups in total. The molecular weight excluding hydrogens is 351 g/mol. The highest BCUT2D eigenvalue weighted by molar-refractivity contribution is 7.22. The van der Waals surface area contributed by atoms with E-state index in [1.807, 2.05) is 0 Å². The van der Waals surface area contributed by atoms with Crippen molar-refractivity contribution in [1.82, 2.24) is 4.98 Å². The predicted octanol–water partition coefficient (Wildman–Crippen LogP) is 4.47. The third-order valence-corrected chi connectivity index (χ3v) is 4.73. The fourth-order valence-electron chi connectivity index (χ4n) is 2.22. The molecule has 1 aromatic heterocycles. The number of anilines is 1. The van der Waals surface area contributed by atoms with Gasteiger partial charge in [0.15, 0.2) is 10.9 Å². The van der Waals surface area contributed by atoms with E-state index in [9.17, 15) is 14.0 Å². The normalized spacial score (nSPS) is 10.8. The Morgan fingerprint density at radius 1 is 1.29 bits per heavy atom. The van der Waals surface area contributed by atoms with Crippen LogP contribution < -0.4 is 5.32 Å². The minimum absolute atomic E-state index is 0.0370. The molecule has 7 heteroatoms. The smallest absolute Gasteiger partial charge is 0.230 e. The number of fused-ring (bicyclic) bond motifs is 1. The average Bonchev–Trinajstić information content (AvgIpc) is 2.92. The van der Waals surface area contributed by atoms with E-state index < -0.39 is 11.7 Å². The van der Waals surface area contributed by atoms with Gasteiger partial charge in [-0.15, -0.1) is 0 Å². The van der Waals surface area contributed by atoms with Crippen LogP contribution in [0, 0.1) is 5.82 Å². The Kier molecular flexibility index (Phi) is 4.59. The summed E-state index contributed by atoms with van der Waals surface area (Å²) in [6, 6.07) is 9.43. The molecule has 3 aromatic rings. The van der Waals surface area contributed by atoms with Gasteiger partial charge in [0.2, 0.25) is 5.91 Å². The second-order valence-electron chi connectivity index (χ2n) is 5.18. The number of thiazole rings is 1. The lowest BCUT2D eigenvalue weighted by Crippen LogP contribution is -2.15. The molecule has 4 nitrogen and oxygen atoms in total. The SMILES string of the molecule is CC(=O)c1ccc2nc(NC(=O)Cc3c(F)cccc3Cl)sc2c1. The van der Waals surface area contributed by atoms with E-state index in [4.69, 9.17) is 11.6 Å². The lowest BCUT2D eigenvalue weighted by atomic mass is 10.1. The number of ketones is 1. The number of nitrogens with one attached hydrogen (secondary N) is 1. The number of Topliss-reactive ketones (excluding diaryl/α,β-unsaturated/α-hetero) is 1. The Morgan fingerprint density at radius 2 is 2.08 bits per heavy atom. The van der Waals surface area contributed by atoms with Crippen molar-refractivity contribution in [1.29, 1.82) is 0 Å². The summed E-state index contributed by atoms with van der Waals surface area (Å²) in [6.07, 6.45) is -0.180. The highest BCUT2D eigenvalue weighted by atomic mass is 35.5. The molecule has 0 fully saturated rings. The summed E-state index contributed by atoms with van der Waals surface area (Å²) in [5.74, 6) is -0.967. The van der Waals surface area contributed by atoms with E-state index in [2.05, 4.69) is 10.3 Å². The van der Waals surface area contributed by atoms with Crippen molar-refractivity contribution in [2.45, 2.75) is 13.3 Å². The molecule has 2 aromatic carbocycles. The van der Waals surface area contributed by atoms with Crippen LogP contribution in [0.25, 0.3) is 10.2 Å². The number of carbonyl (C=O) groups is 2. The Bertz CT molecular complexity index is 935. The molecule has 0 saturated heterocycles. The summed E-state index contributed by atoms with van der Waals surface area (Å²) in [5, 5.41) is 3.24. The zero-order valence-electron chi connectivity index (χ0n) is 12.6. The van der Waals surface area contributed by atoms with Crippen molar-refractivity contribution in [3.63, 3.8) is 0 Å². The number of halogens is 2. The largest absolute Gasteiger partial charge is 0.302 e. The molecule has 1 amide bonds. The second-order valence-corrected chi connectivity index (χ2v) is 6.62. The topological polar surface area (TPSA) is 59.1 Å². The Balaban J connectivity index is 1.79. The van der Waals surface area contributed by atoms with Crippen molar-refractivity contribution in [3.8, 4) is 0 Å². The second kappa shape index (κ2) is 6.67. The van der Waals surface area contributed by atoms with Crippen molar-refractivity contribution in [3.05, 3.63) is 58.4 Å². The van der Waals surface area contributed by atoms with Gasteiger partial charge in [-0.1, -0.05) is 29.0 Å². The molecule has 0 atom stereocenters. The molecule has 0 aliphatic carbocycles. The third-order valence-electron chi connectivity index (χ3n) is 3.44. The molecule has 0 spiro atoms. The van der Waals surface area contributed by atoms with Crippen molar-refractivity contribution < 1.29 is 14.0 Å². The monoisotopic (exact) mass is 362 g/mol. The summed E-state index contributed by atoms with van der Waals surface area (Å²) in [4.78, 5) is 27.8. The summed E-state index contributed by atoms with van der Waals surface area (Å²) >= 11 is 7.18. The van der Waals surface area contributed by atoms with E-state index in [1.54, 1.807) is 18.2 Å². The van der Waals surface area contributed by atoms with Crippen LogP contribution >= 0.6 is 22.9 Å². The van der Waals surface area contributed by atoms with Crippen LogP contribution in [-0.4, -0.2) is 16.7 Å². The minimum Gasteiger partial charge on any atom is -0.302 e. The number of hydrogen-bond donors (Lipinski definition) is 1. The van der Waals surface area contributed by atoms with E-state index in [0.29, 0.717) is 16.2 Å². The van der Waals surface area contributed by atoms with Crippen LogP contribution in [0.1, 0.15) is 22.8 Å². The maximum Gasteiger partial charge on any atom is 0.230 e. The van der Waals surface area contributed by atoms with Gasteiger partial charge in [0.05, 0.1) is 16.6 Å². The highest BCUT2D eigenvalue weighted by Crippen LogP contribution is 2.27. The molecular formula is C17H12ClFN2O2S. The van der Waals surface area contributed by atoms with Crippen LogP contribution in [0.5, 0.6) is 0 Å². The average molecular weight is 363 g/mol. The lowest BCUT2D eigenvalue weighted by Gasteiger charge is -2.05. The van der Waals surface area contributed by atoms with E-state index >= 15 is 0 Å². The van der Waals surface area contributed by atoms with Crippen molar-refractivity contribution in [2.24, 2.45) is 0 Å². The lowest BCUT2D eigenvalue weighted by molar-refractivity contribution is -0.115. The molecule has 122 valence electrons. The summed E-state index contributed by atoms with van der Waals surface area (Å²) in [5.41, 5.74) is 1.42. The predicted molar refractivity (Wildman–Crippen MR) is 93.4 cm³/mol. The standard InChI is InChI=1S/C17H12ClFN2O2S/c1-9(22)10-5-6-14-15(7-10)24-17(20-14)21-16(23)8-11-12(18)3-2-4-13(11)19/h2-7H,8H2,1H3,(H,20,21,23). The van der Waals surface area contributed by atoms with Gasteiger partial charge >= 0.3 is 0 Å². The van der Waals surface area contributed by atoms with E-state index in [0.717, 1.165) is 4.70 Å². The first-order chi connectivity index (χ1) is 11.4. The molecule has 0 aliphatic rings. The van der Waals surface area contributed by atoms with Crippen LogP contribution in [-0.2, 0) is 11.2 Å². The van der Waals surface area contributed by atoms with Gasteiger partial charge in [-0.05, 0) is 37.3 Å². The third kappa shape index (κ3) is 3.44. The number of carbonyl (C=O) groups excluding carboxylic acids is 2. The number of hydrogen-bond acceptors (Lipinski definition) is 4. The van der Waals surface area contributed by atoms with Crippen LogP contribution in [0.15, 0.2) is 36.4 Å². The highest BCUT2D eigenvalue weighted by Gasteiger charge is 2.14. The molecule has 0 saturated carbocycles. The molecule has 1 heterocycles. The van der Waals surface area contributed by atoms with Crippen LogP contribution in [0.2, 0.25) is 5.02 Å². The van der Waals surface area contributed by atoms with Gasteiger partial charge in [-0.2, -0.15) is 0 Å².